The van der Waals surface area contributed by atoms with E-state index in [-0.39, 0.29) is 12.1 Å². The lowest BCUT2D eigenvalue weighted by molar-refractivity contribution is 0.472. The van der Waals surface area contributed by atoms with Crippen LogP contribution in [0.1, 0.15) is 37.1 Å². The van der Waals surface area contributed by atoms with Crippen molar-refractivity contribution in [3.05, 3.63) is 64.7 Å². The third kappa shape index (κ3) is 3.72. The molecule has 0 aromatic heterocycles. The molecular weight excluding hydrogens is 258 g/mol. The van der Waals surface area contributed by atoms with Gasteiger partial charge in [0, 0.05) is 17.1 Å². The third-order valence-electron chi connectivity index (χ3n) is 3.24. The Morgan fingerprint density at radius 2 is 1.58 bits per heavy atom. The van der Waals surface area contributed by atoms with Gasteiger partial charge in [0.2, 0.25) is 0 Å². The molecule has 2 aromatic rings. The summed E-state index contributed by atoms with van der Waals surface area (Å²) >= 11 is 6.00. The van der Waals surface area contributed by atoms with Gasteiger partial charge in [0.15, 0.2) is 0 Å². The number of hydrogen-bond acceptors (Lipinski definition) is 2. The highest BCUT2D eigenvalue weighted by Gasteiger charge is 2.11. The van der Waals surface area contributed by atoms with E-state index < -0.39 is 0 Å². The van der Waals surface area contributed by atoms with Crippen LogP contribution in [0.25, 0.3) is 0 Å². The Hall–Kier alpha value is -1.51. The van der Waals surface area contributed by atoms with E-state index in [0.29, 0.717) is 5.75 Å². The molecule has 0 fully saturated rings. The van der Waals surface area contributed by atoms with Crippen molar-refractivity contribution in [2.45, 2.75) is 25.9 Å². The van der Waals surface area contributed by atoms with Crippen LogP contribution in [0.3, 0.4) is 0 Å². The SMILES string of the molecule is CC(N[C@H](C)c1cccc(Cl)c1)c1ccc(O)cc1. The van der Waals surface area contributed by atoms with Gasteiger partial charge < -0.3 is 10.4 Å². The lowest BCUT2D eigenvalue weighted by Gasteiger charge is -2.21. The van der Waals surface area contributed by atoms with Gasteiger partial charge in [-0.05, 0) is 49.2 Å². The molecule has 2 nitrogen and oxygen atoms in total. The van der Waals surface area contributed by atoms with E-state index in [1.165, 1.54) is 0 Å². The maximum Gasteiger partial charge on any atom is 0.115 e. The fourth-order valence-electron chi connectivity index (χ4n) is 2.11. The van der Waals surface area contributed by atoms with E-state index in [0.717, 1.165) is 16.1 Å². The summed E-state index contributed by atoms with van der Waals surface area (Å²) in [5, 5.41) is 13.6. The fraction of sp³-hybridized carbons (Fsp3) is 0.250. The van der Waals surface area contributed by atoms with Crippen molar-refractivity contribution in [2.75, 3.05) is 0 Å². The topological polar surface area (TPSA) is 32.3 Å². The number of rotatable bonds is 4. The highest BCUT2D eigenvalue weighted by Crippen LogP contribution is 2.22. The highest BCUT2D eigenvalue weighted by molar-refractivity contribution is 6.30. The van der Waals surface area contributed by atoms with Crippen LogP contribution in [-0.4, -0.2) is 5.11 Å². The molecule has 0 aliphatic rings. The minimum absolute atomic E-state index is 0.203. The molecule has 0 amide bonds. The Morgan fingerprint density at radius 1 is 0.947 bits per heavy atom. The summed E-state index contributed by atoms with van der Waals surface area (Å²) in [4.78, 5) is 0. The van der Waals surface area contributed by atoms with Crippen LogP contribution < -0.4 is 5.32 Å². The zero-order valence-corrected chi connectivity index (χ0v) is 11.9. The maximum atomic E-state index is 9.29. The predicted octanol–water partition coefficient (Wildman–Crippen LogP) is 4.46. The molecule has 0 bridgehead atoms. The van der Waals surface area contributed by atoms with E-state index in [4.69, 9.17) is 11.6 Å². The van der Waals surface area contributed by atoms with Gasteiger partial charge >= 0.3 is 0 Å². The third-order valence-corrected chi connectivity index (χ3v) is 3.48. The highest BCUT2D eigenvalue weighted by atomic mass is 35.5. The molecule has 0 aliphatic heterocycles. The number of hydrogen-bond donors (Lipinski definition) is 2. The maximum absolute atomic E-state index is 9.29. The summed E-state index contributed by atoms with van der Waals surface area (Å²) in [6.45, 7) is 4.22. The first kappa shape index (κ1) is 13.9. The zero-order chi connectivity index (χ0) is 13.8. The second-order valence-corrected chi connectivity index (χ2v) is 5.19. The molecule has 0 saturated heterocycles. The number of halogens is 1. The summed E-state index contributed by atoms with van der Waals surface area (Å²) in [7, 11) is 0. The average molecular weight is 276 g/mol. The Labute approximate surface area is 119 Å². The molecule has 100 valence electrons. The van der Waals surface area contributed by atoms with E-state index in [1.807, 2.05) is 30.3 Å². The van der Waals surface area contributed by atoms with E-state index >= 15 is 0 Å². The van der Waals surface area contributed by atoms with Crippen molar-refractivity contribution >= 4 is 11.6 Å². The molecule has 2 atom stereocenters. The van der Waals surface area contributed by atoms with Crippen molar-refractivity contribution in [3.8, 4) is 5.75 Å². The largest absolute Gasteiger partial charge is 0.508 e. The quantitative estimate of drug-likeness (QED) is 0.864. The van der Waals surface area contributed by atoms with Crippen molar-refractivity contribution < 1.29 is 5.11 Å². The minimum Gasteiger partial charge on any atom is -0.508 e. The molecule has 19 heavy (non-hydrogen) atoms. The van der Waals surface area contributed by atoms with Crippen LogP contribution in [0, 0.1) is 0 Å². The number of aromatic hydroxyl groups is 1. The van der Waals surface area contributed by atoms with Gasteiger partial charge in [-0.15, -0.1) is 0 Å². The van der Waals surface area contributed by atoms with Crippen LogP contribution in [-0.2, 0) is 0 Å². The smallest absolute Gasteiger partial charge is 0.115 e. The van der Waals surface area contributed by atoms with Crippen LogP contribution in [0.15, 0.2) is 48.5 Å². The van der Waals surface area contributed by atoms with Crippen LogP contribution in [0.4, 0.5) is 0 Å². The van der Waals surface area contributed by atoms with Crippen molar-refractivity contribution in [1.29, 1.82) is 0 Å². The molecule has 0 saturated carbocycles. The minimum atomic E-state index is 0.203. The standard InChI is InChI=1S/C16H18ClNO/c1-11(13-6-8-16(19)9-7-13)18-12(2)14-4-3-5-15(17)10-14/h3-12,18-19H,1-2H3/t11?,12-/m1/s1. The Balaban J connectivity index is 2.06. The van der Waals surface area contributed by atoms with Crippen molar-refractivity contribution in [2.24, 2.45) is 0 Å². The van der Waals surface area contributed by atoms with Gasteiger partial charge in [-0.25, -0.2) is 0 Å². The van der Waals surface area contributed by atoms with E-state index in [2.05, 4.69) is 25.2 Å². The van der Waals surface area contributed by atoms with E-state index in [9.17, 15) is 5.11 Å². The monoisotopic (exact) mass is 275 g/mol. The summed E-state index contributed by atoms with van der Waals surface area (Å²) in [5.74, 6) is 0.291. The summed E-state index contributed by atoms with van der Waals surface area (Å²) in [6, 6.07) is 15.6. The number of benzene rings is 2. The van der Waals surface area contributed by atoms with Crippen molar-refractivity contribution in [1.82, 2.24) is 5.32 Å². The Bertz CT molecular complexity index is 539. The first-order valence-electron chi connectivity index (χ1n) is 6.36. The fourth-order valence-corrected chi connectivity index (χ4v) is 2.31. The summed E-state index contributed by atoms with van der Waals surface area (Å²) < 4.78 is 0. The van der Waals surface area contributed by atoms with Crippen LogP contribution in [0.5, 0.6) is 5.75 Å². The molecule has 3 heteroatoms. The van der Waals surface area contributed by atoms with Gasteiger partial charge in [0.1, 0.15) is 5.75 Å². The molecule has 2 N–H and O–H groups in total. The molecule has 2 rings (SSSR count). The van der Waals surface area contributed by atoms with Gasteiger partial charge in [-0.3, -0.25) is 0 Å². The number of phenolic OH excluding ortho intramolecular Hbond substituents is 1. The molecule has 1 unspecified atom stereocenters. The number of phenols is 1. The van der Waals surface area contributed by atoms with Gasteiger partial charge in [0.05, 0.1) is 0 Å². The zero-order valence-electron chi connectivity index (χ0n) is 11.1. The molecule has 0 radical (unpaired) electrons. The van der Waals surface area contributed by atoms with Gasteiger partial charge in [0.25, 0.3) is 0 Å². The van der Waals surface area contributed by atoms with Gasteiger partial charge in [-0.1, -0.05) is 35.9 Å². The van der Waals surface area contributed by atoms with Crippen molar-refractivity contribution in [3.63, 3.8) is 0 Å². The van der Waals surface area contributed by atoms with Gasteiger partial charge in [-0.2, -0.15) is 0 Å². The lowest BCUT2D eigenvalue weighted by Crippen LogP contribution is -2.22. The first-order chi connectivity index (χ1) is 9.06. The van der Waals surface area contributed by atoms with Crippen LogP contribution in [0.2, 0.25) is 5.02 Å². The van der Waals surface area contributed by atoms with Crippen LogP contribution >= 0.6 is 11.6 Å². The number of nitrogens with one attached hydrogen (secondary N) is 1. The Morgan fingerprint density at radius 3 is 2.21 bits per heavy atom. The van der Waals surface area contributed by atoms with E-state index in [1.54, 1.807) is 12.1 Å². The molecule has 2 aromatic carbocycles. The molecule has 0 spiro atoms. The summed E-state index contributed by atoms with van der Waals surface area (Å²) in [5.41, 5.74) is 2.31. The molecule has 0 heterocycles. The molecular formula is C16H18ClNO. The second kappa shape index (κ2) is 6.09. The average Bonchev–Trinajstić information content (AvgIpc) is 2.39. The molecule has 0 aliphatic carbocycles. The predicted molar refractivity (Wildman–Crippen MR) is 79.5 cm³/mol. The second-order valence-electron chi connectivity index (χ2n) is 4.76. The lowest BCUT2D eigenvalue weighted by atomic mass is 10.0. The summed E-state index contributed by atoms with van der Waals surface area (Å²) in [6.07, 6.45) is 0. The first-order valence-corrected chi connectivity index (χ1v) is 6.74. The normalized spacial score (nSPS) is 14.1. The Kier molecular flexibility index (Phi) is 4.46.